The highest BCUT2D eigenvalue weighted by atomic mass is 35.5. The number of aromatic amines is 1. The predicted molar refractivity (Wildman–Crippen MR) is 119 cm³/mol. The molecule has 3 aliphatic rings. The lowest BCUT2D eigenvalue weighted by Crippen LogP contribution is -2.28. The van der Waals surface area contributed by atoms with Crippen LogP contribution in [-0.4, -0.2) is 29.7 Å². The first kappa shape index (κ1) is 19.6. The number of halogens is 2. The molecule has 4 heterocycles. The molecule has 1 aliphatic carbocycles. The summed E-state index contributed by atoms with van der Waals surface area (Å²) in [6.07, 6.45) is 11.4. The van der Waals surface area contributed by atoms with Gasteiger partial charge in [0.1, 0.15) is 5.75 Å². The summed E-state index contributed by atoms with van der Waals surface area (Å²) in [7, 11) is 2.10. The minimum absolute atomic E-state index is 0.167. The number of hydrogen-bond acceptors (Lipinski definition) is 5. The smallest absolute Gasteiger partial charge is 0.139 e. The largest absolute Gasteiger partial charge is 0.489 e. The summed E-state index contributed by atoms with van der Waals surface area (Å²) >= 11 is 12.9. The zero-order valence-corrected chi connectivity index (χ0v) is 18.2. The van der Waals surface area contributed by atoms with Crippen LogP contribution >= 0.6 is 23.2 Å². The Balaban J connectivity index is 1.44. The van der Waals surface area contributed by atoms with E-state index in [0.717, 1.165) is 53.7 Å². The number of aromatic nitrogens is 2. The number of fused-ring (bicyclic) bond motifs is 3. The molecule has 0 bridgehead atoms. The number of rotatable bonds is 3. The molecule has 6 nitrogen and oxygen atoms in total. The molecule has 1 fully saturated rings. The summed E-state index contributed by atoms with van der Waals surface area (Å²) in [6.45, 7) is 1.37. The SMILES string of the molecule is CN1CC=C(Cl)C(C2CCC(Oc3cncc(Cl)c3)CC2)=c2[nH]c3c(c21)CN=NC=3. The van der Waals surface area contributed by atoms with E-state index in [1.54, 1.807) is 18.6 Å². The first-order valence-electron chi connectivity index (χ1n) is 10.3. The lowest BCUT2D eigenvalue weighted by molar-refractivity contribution is 0.142. The molecule has 0 aromatic carbocycles. The summed E-state index contributed by atoms with van der Waals surface area (Å²) in [5.74, 6) is 1.11. The van der Waals surface area contributed by atoms with Gasteiger partial charge in [0, 0.05) is 36.5 Å². The van der Waals surface area contributed by atoms with E-state index >= 15 is 0 Å². The fraction of sp³-hybridized carbons (Fsp3) is 0.409. The van der Waals surface area contributed by atoms with Gasteiger partial charge in [-0.15, -0.1) is 0 Å². The summed E-state index contributed by atoms with van der Waals surface area (Å²) in [5.41, 5.74) is 3.61. The summed E-state index contributed by atoms with van der Waals surface area (Å²) in [5, 5.41) is 11.9. The average Bonchev–Trinajstić information content (AvgIpc) is 3.07. The van der Waals surface area contributed by atoms with Gasteiger partial charge in [0.05, 0.1) is 46.5 Å². The fourth-order valence-electron chi connectivity index (χ4n) is 4.70. The molecule has 0 radical (unpaired) electrons. The Labute approximate surface area is 185 Å². The number of likely N-dealkylation sites (N-methyl/N-ethyl adjacent to an activating group) is 1. The summed E-state index contributed by atoms with van der Waals surface area (Å²) in [4.78, 5) is 9.95. The van der Waals surface area contributed by atoms with Gasteiger partial charge in [0.2, 0.25) is 0 Å². The van der Waals surface area contributed by atoms with Gasteiger partial charge < -0.3 is 14.6 Å². The third-order valence-corrected chi connectivity index (χ3v) is 6.69. The van der Waals surface area contributed by atoms with E-state index < -0.39 is 0 Å². The molecule has 1 saturated carbocycles. The molecule has 0 amide bonds. The highest BCUT2D eigenvalue weighted by Crippen LogP contribution is 2.38. The Morgan fingerprint density at radius 3 is 2.80 bits per heavy atom. The molecule has 0 spiro atoms. The number of ether oxygens (including phenoxy) is 1. The zero-order valence-electron chi connectivity index (χ0n) is 16.7. The second-order valence-corrected chi connectivity index (χ2v) is 8.91. The maximum absolute atomic E-state index is 6.83. The summed E-state index contributed by atoms with van der Waals surface area (Å²) < 4.78 is 6.13. The molecule has 30 heavy (non-hydrogen) atoms. The minimum atomic E-state index is 0.167. The summed E-state index contributed by atoms with van der Waals surface area (Å²) in [6, 6.07) is 1.82. The molecule has 156 valence electrons. The van der Waals surface area contributed by atoms with E-state index in [4.69, 9.17) is 27.9 Å². The number of anilines is 1. The van der Waals surface area contributed by atoms with Gasteiger partial charge in [-0.3, -0.25) is 4.98 Å². The lowest BCUT2D eigenvalue weighted by atomic mass is 9.81. The first-order valence-corrected chi connectivity index (χ1v) is 11.0. The molecule has 1 N–H and O–H groups in total. The Kier molecular flexibility index (Phi) is 5.29. The topological polar surface area (TPSA) is 65.9 Å². The van der Waals surface area contributed by atoms with Crippen molar-refractivity contribution in [1.82, 2.24) is 9.97 Å². The van der Waals surface area contributed by atoms with Crippen LogP contribution in [0.25, 0.3) is 11.8 Å². The predicted octanol–water partition coefficient (Wildman–Crippen LogP) is 4.13. The van der Waals surface area contributed by atoms with E-state index in [9.17, 15) is 0 Å². The second kappa shape index (κ2) is 8.08. The van der Waals surface area contributed by atoms with Crippen molar-refractivity contribution in [2.45, 2.75) is 38.3 Å². The maximum atomic E-state index is 6.83. The van der Waals surface area contributed by atoms with Gasteiger partial charge in [-0.1, -0.05) is 23.2 Å². The van der Waals surface area contributed by atoms with Crippen LogP contribution in [0.15, 0.2) is 39.8 Å². The minimum Gasteiger partial charge on any atom is -0.489 e. The number of H-pyrrole nitrogens is 1. The molecular weight excluding hydrogens is 421 g/mol. The molecular formula is C22H23Cl2N5O. The monoisotopic (exact) mass is 443 g/mol. The molecule has 5 rings (SSSR count). The van der Waals surface area contributed by atoms with Gasteiger partial charge in [0.25, 0.3) is 0 Å². The van der Waals surface area contributed by atoms with E-state index in [1.807, 2.05) is 6.07 Å². The van der Waals surface area contributed by atoms with Crippen molar-refractivity contribution in [3.05, 3.63) is 50.9 Å². The number of nitrogens with one attached hydrogen (secondary N) is 1. The van der Waals surface area contributed by atoms with Gasteiger partial charge in [-0.2, -0.15) is 10.2 Å². The van der Waals surface area contributed by atoms with Crippen LogP contribution in [0.3, 0.4) is 0 Å². The number of nitrogens with zero attached hydrogens (tertiary/aromatic N) is 4. The Hall–Kier alpha value is -2.31. The van der Waals surface area contributed by atoms with Gasteiger partial charge in [-0.05, 0) is 43.3 Å². The molecule has 0 atom stereocenters. The standard InChI is InChI=1S/C22H23Cl2N5O/c1-29-7-6-18(24)20(21-22(29)17-11-26-27-12-19(17)28-21)13-2-4-15(5-3-13)30-16-8-14(23)9-25-10-16/h6,8-10,12-13,15,28H,2-5,7,11H2,1H3. The van der Waals surface area contributed by atoms with Crippen molar-refractivity contribution in [3.8, 4) is 5.75 Å². The van der Waals surface area contributed by atoms with Gasteiger partial charge >= 0.3 is 0 Å². The molecule has 2 aliphatic heterocycles. The normalized spacial score (nSPS) is 23.2. The van der Waals surface area contributed by atoms with Crippen LogP contribution in [0.1, 0.15) is 31.2 Å². The van der Waals surface area contributed by atoms with Crippen LogP contribution in [0, 0.1) is 5.92 Å². The number of pyridine rings is 1. The third-order valence-electron chi connectivity index (χ3n) is 6.12. The van der Waals surface area contributed by atoms with E-state index in [-0.39, 0.29) is 6.10 Å². The van der Waals surface area contributed by atoms with Crippen molar-refractivity contribution >= 4 is 40.7 Å². The molecule has 2 aromatic heterocycles. The van der Waals surface area contributed by atoms with Crippen molar-refractivity contribution in [2.75, 3.05) is 18.5 Å². The first-order chi connectivity index (χ1) is 14.6. The molecule has 0 saturated heterocycles. The van der Waals surface area contributed by atoms with Crippen LogP contribution in [0.4, 0.5) is 5.69 Å². The maximum Gasteiger partial charge on any atom is 0.139 e. The van der Waals surface area contributed by atoms with E-state index in [0.29, 0.717) is 17.5 Å². The zero-order chi connectivity index (χ0) is 20.7. The van der Waals surface area contributed by atoms with Crippen molar-refractivity contribution < 1.29 is 4.74 Å². The van der Waals surface area contributed by atoms with Gasteiger partial charge in [-0.25, -0.2) is 0 Å². The molecule has 8 heteroatoms. The van der Waals surface area contributed by atoms with Crippen LogP contribution in [0.2, 0.25) is 5.02 Å². The van der Waals surface area contributed by atoms with Crippen molar-refractivity contribution in [3.63, 3.8) is 0 Å². The second-order valence-electron chi connectivity index (χ2n) is 8.06. The molecule has 2 aromatic rings. The van der Waals surface area contributed by atoms with E-state index in [2.05, 4.69) is 38.2 Å². The number of azo groups is 1. The Bertz CT molecular complexity index is 1140. The van der Waals surface area contributed by atoms with Gasteiger partial charge in [0.15, 0.2) is 0 Å². The Morgan fingerprint density at radius 2 is 2.00 bits per heavy atom. The average molecular weight is 444 g/mol. The Morgan fingerprint density at radius 1 is 1.17 bits per heavy atom. The molecule has 0 unspecified atom stereocenters. The van der Waals surface area contributed by atoms with Crippen molar-refractivity contribution in [1.29, 1.82) is 0 Å². The van der Waals surface area contributed by atoms with Crippen LogP contribution < -0.4 is 20.3 Å². The highest BCUT2D eigenvalue weighted by molar-refractivity contribution is 6.36. The number of allylic oxidation sites excluding steroid dienone is 1. The van der Waals surface area contributed by atoms with Crippen molar-refractivity contribution in [2.24, 2.45) is 16.1 Å². The third kappa shape index (κ3) is 3.63. The lowest BCUT2D eigenvalue weighted by Gasteiger charge is -2.30. The van der Waals surface area contributed by atoms with Crippen LogP contribution in [-0.2, 0) is 6.54 Å². The van der Waals surface area contributed by atoms with Crippen LogP contribution in [0.5, 0.6) is 5.75 Å². The number of hydrogen-bond donors (Lipinski definition) is 1. The quantitative estimate of drug-likeness (QED) is 0.775. The van der Waals surface area contributed by atoms with E-state index in [1.165, 1.54) is 16.8 Å². The highest BCUT2D eigenvalue weighted by Gasteiger charge is 2.30. The fourth-order valence-corrected chi connectivity index (χ4v) is 5.18.